The molecule has 0 aliphatic carbocycles. The van der Waals surface area contributed by atoms with E-state index in [-0.39, 0.29) is 0 Å². The molecule has 6 nitrogen and oxygen atoms in total. The van der Waals surface area contributed by atoms with Crippen molar-refractivity contribution in [1.82, 2.24) is 20.2 Å². The van der Waals surface area contributed by atoms with Crippen LogP contribution in [-0.4, -0.2) is 20.2 Å². The molecule has 2 heterocycles. The van der Waals surface area contributed by atoms with E-state index in [0.29, 0.717) is 6.54 Å². The van der Waals surface area contributed by atoms with E-state index in [4.69, 9.17) is 10.3 Å². The van der Waals surface area contributed by atoms with Crippen LogP contribution in [-0.2, 0) is 12.1 Å². The van der Waals surface area contributed by atoms with Gasteiger partial charge in [0.1, 0.15) is 11.5 Å². The maximum atomic E-state index is 5.96. The summed E-state index contributed by atoms with van der Waals surface area (Å²) >= 11 is 0. The highest BCUT2D eigenvalue weighted by Crippen LogP contribution is 2.16. The molecular weight excluding hydrogens is 218 g/mol. The third-order valence-electron chi connectivity index (χ3n) is 2.70. The average molecular weight is 235 g/mol. The molecule has 0 amide bonds. The molecule has 17 heavy (non-hydrogen) atoms. The molecule has 0 saturated carbocycles. The number of hydrogen-bond donors (Lipinski definition) is 1. The maximum Gasteiger partial charge on any atom is 0.138 e. The van der Waals surface area contributed by atoms with E-state index in [2.05, 4.69) is 15.5 Å². The van der Waals surface area contributed by atoms with Crippen LogP contribution in [0.2, 0.25) is 0 Å². The van der Waals surface area contributed by atoms with Gasteiger partial charge in [0.25, 0.3) is 0 Å². The van der Waals surface area contributed by atoms with Crippen LogP contribution in [0.5, 0.6) is 0 Å². The van der Waals surface area contributed by atoms with Gasteiger partial charge >= 0.3 is 0 Å². The predicted molar refractivity (Wildman–Crippen MR) is 62.3 cm³/mol. The van der Waals surface area contributed by atoms with Gasteiger partial charge in [-0.15, -0.1) is 5.10 Å². The van der Waals surface area contributed by atoms with Gasteiger partial charge in [-0.3, -0.25) is 0 Å². The Hall–Kier alpha value is -1.69. The van der Waals surface area contributed by atoms with Crippen LogP contribution < -0.4 is 5.73 Å². The monoisotopic (exact) mass is 235 g/mol. The van der Waals surface area contributed by atoms with Crippen LogP contribution in [0.3, 0.4) is 0 Å². The lowest BCUT2D eigenvalue weighted by atomic mass is 10.0. The highest BCUT2D eigenvalue weighted by molar-refractivity contribution is 5.21. The van der Waals surface area contributed by atoms with Crippen molar-refractivity contribution in [2.24, 2.45) is 5.73 Å². The molecule has 2 N–H and O–H groups in total. The van der Waals surface area contributed by atoms with Gasteiger partial charge in [0, 0.05) is 5.56 Å². The summed E-state index contributed by atoms with van der Waals surface area (Å²) in [6.07, 6.45) is 1.85. The van der Waals surface area contributed by atoms with Gasteiger partial charge in [0.05, 0.1) is 24.0 Å². The molecule has 6 heteroatoms. The number of rotatable bonds is 3. The van der Waals surface area contributed by atoms with Gasteiger partial charge in [0.15, 0.2) is 0 Å². The third kappa shape index (κ3) is 2.36. The SMILES string of the molecule is Cc1noc(C)c1Cn1cc(C(C)(C)N)nn1. The van der Waals surface area contributed by atoms with Crippen molar-refractivity contribution in [3.05, 3.63) is 28.9 Å². The fourth-order valence-electron chi connectivity index (χ4n) is 1.56. The fraction of sp³-hybridized carbons (Fsp3) is 0.545. The Kier molecular flexibility index (Phi) is 2.74. The zero-order valence-electron chi connectivity index (χ0n) is 10.6. The van der Waals surface area contributed by atoms with Crippen LogP contribution in [0.15, 0.2) is 10.7 Å². The molecule has 0 aromatic carbocycles. The molecule has 0 aliphatic heterocycles. The molecule has 0 atom stereocenters. The lowest BCUT2D eigenvalue weighted by Gasteiger charge is -2.13. The molecule has 0 unspecified atom stereocenters. The van der Waals surface area contributed by atoms with Crippen LogP contribution in [0, 0.1) is 13.8 Å². The van der Waals surface area contributed by atoms with Gasteiger partial charge in [-0.1, -0.05) is 10.4 Å². The van der Waals surface area contributed by atoms with Crippen molar-refractivity contribution >= 4 is 0 Å². The van der Waals surface area contributed by atoms with Gasteiger partial charge in [0.2, 0.25) is 0 Å². The minimum Gasteiger partial charge on any atom is -0.361 e. The summed E-state index contributed by atoms with van der Waals surface area (Å²) in [5, 5.41) is 12.0. The Morgan fingerprint density at radius 1 is 1.41 bits per heavy atom. The molecular formula is C11H17N5O. The molecule has 2 rings (SSSR count). The zero-order chi connectivity index (χ0) is 12.6. The normalized spacial score (nSPS) is 12.1. The number of aromatic nitrogens is 4. The zero-order valence-corrected chi connectivity index (χ0v) is 10.6. The second kappa shape index (κ2) is 3.96. The Labute approximate surface area is 99.8 Å². The Bertz CT molecular complexity index is 501. The number of nitrogens with zero attached hydrogens (tertiary/aromatic N) is 4. The average Bonchev–Trinajstić information content (AvgIpc) is 2.79. The van der Waals surface area contributed by atoms with E-state index in [9.17, 15) is 0 Å². The highest BCUT2D eigenvalue weighted by Gasteiger charge is 2.19. The first-order valence-electron chi connectivity index (χ1n) is 5.49. The lowest BCUT2D eigenvalue weighted by Crippen LogP contribution is -2.29. The second-order valence-electron chi connectivity index (χ2n) is 4.83. The minimum atomic E-state index is -0.475. The molecule has 2 aromatic rings. The number of aryl methyl sites for hydroxylation is 2. The van der Waals surface area contributed by atoms with Gasteiger partial charge in [-0.25, -0.2) is 4.68 Å². The standard InChI is InChI=1S/C11H17N5O/c1-7-9(8(2)17-14-7)5-16-6-10(13-15-16)11(3,4)12/h6H,5,12H2,1-4H3. The Morgan fingerprint density at radius 2 is 2.12 bits per heavy atom. The topological polar surface area (TPSA) is 82.8 Å². The first-order valence-corrected chi connectivity index (χ1v) is 5.49. The molecule has 0 spiro atoms. The second-order valence-corrected chi connectivity index (χ2v) is 4.83. The van der Waals surface area contributed by atoms with Crippen molar-refractivity contribution in [2.75, 3.05) is 0 Å². The number of nitrogens with two attached hydrogens (primary N) is 1. The molecule has 0 radical (unpaired) electrons. The van der Waals surface area contributed by atoms with Crippen LogP contribution in [0.25, 0.3) is 0 Å². The maximum absolute atomic E-state index is 5.96. The largest absolute Gasteiger partial charge is 0.361 e. The van der Waals surface area contributed by atoms with Crippen molar-refractivity contribution in [3.63, 3.8) is 0 Å². The van der Waals surface area contributed by atoms with Crippen LogP contribution >= 0.6 is 0 Å². The third-order valence-corrected chi connectivity index (χ3v) is 2.70. The van der Waals surface area contributed by atoms with Crippen LogP contribution in [0.4, 0.5) is 0 Å². The molecule has 0 aliphatic rings. The first-order chi connectivity index (χ1) is 7.88. The fourth-order valence-corrected chi connectivity index (χ4v) is 1.56. The van der Waals surface area contributed by atoms with Crippen molar-refractivity contribution in [1.29, 1.82) is 0 Å². The number of hydrogen-bond acceptors (Lipinski definition) is 5. The summed E-state index contributed by atoms with van der Waals surface area (Å²) in [5.41, 5.74) is 8.17. The molecule has 0 saturated heterocycles. The Balaban J connectivity index is 2.23. The summed E-state index contributed by atoms with van der Waals surface area (Å²) in [5.74, 6) is 0.812. The van der Waals surface area contributed by atoms with Gasteiger partial charge in [-0.05, 0) is 27.7 Å². The van der Waals surface area contributed by atoms with E-state index >= 15 is 0 Å². The molecule has 2 aromatic heterocycles. The lowest BCUT2D eigenvalue weighted by molar-refractivity contribution is 0.391. The highest BCUT2D eigenvalue weighted by atomic mass is 16.5. The minimum absolute atomic E-state index is 0.475. The van der Waals surface area contributed by atoms with E-state index in [1.165, 1.54) is 0 Å². The van der Waals surface area contributed by atoms with Gasteiger partial charge in [-0.2, -0.15) is 0 Å². The predicted octanol–water partition coefficient (Wildman–Crippen LogP) is 1.13. The Morgan fingerprint density at radius 3 is 2.59 bits per heavy atom. The van der Waals surface area contributed by atoms with E-state index in [1.807, 2.05) is 33.9 Å². The van der Waals surface area contributed by atoms with Crippen molar-refractivity contribution < 1.29 is 4.52 Å². The van der Waals surface area contributed by atoms with Crippen LogP contribution in [0.1, 0.15) is 36.6 Å². The molecule has 92 valence electrons. The van der Waals surface area contributed by atoms with E-state index in [1.54, 1.807) is 4.68 Å². The van der Waals surface area contributed by atoms with Crippen molar-refractivity contribution in [3.8, 4) is 0 Å². The molecule has 0 bridgehead atoms. The summed E-state index contributed by atoms with van der Waals surface area (Å²) in [4.78, 5) is 0. The first kappa shape index (κ1) is 11.8. The van der Waals surface area contributed by atoms with E-state index in [0.717, 1.165) is 22.7 Å². The van der Waals surface area contributed by atoms with Gasteiger partial charge < -0.3 is 10.3 Å². The molecule has 0 fully saturated rings. The van der Waals surface area contributed by atoms with E-state index < -0.39 is 5.54 Å². The summed E-state index contributed by atoms with van der Waals surface area (Å²) in [6.45, 7) is 8.20. The quantitative estimate of drug-likeness (QED) is 0.862. The summed E-state index contributed by atoms with van der Waals surface area (Å²) in [6, 6.07) is 0. The van der Waals surface area contributed by atoms with Crippen molar-refractivity contribution in [2.45, 2.75) is 39.8 Å². The summed E-state index contributed by atoms with van der Waals surface area (Å²) < 4.78 is 6.85. The smallest absolute Gasteiger partial charge is 0.138 e. The summed E-state index contributed by atoms with van der Waals surface area (Å²) in [7, 11) is 0.